The molecule has 1 fully saturated rings. The van der Waals surface area contributed by atoms with E-state index in [4.69, 9.17) is 5.73 Å². The van der Waals surface area contributed by atoms with Crippen LogP contribution in [0.2, 0.25) is 0 Å². The van der Waals surface area contributed by atoms with Crippen molar-refractivity contribution in [2.45, 2.75) is 50.4 Å². The van der Waals surface area contributed by atoms with E-state index in [1.807, 2.05) is 30.5 Å². The first-order chi connectivity index (χ1) is 7.50. The highest BCUT2D eigenvalue weighted by molar-refractivity contribution is 8.00. The van der Waals surface area contributed by atoms with E-state index < -0.39 is 0 Å². The molecule has 0 aromatic rings. The molecule has 90 valence electrons. The quantitative estimate of drug-likeness (QED) is 0.762. The third-order valence-corrected chi connectivity index (χ3v) is 4.97. The molecule has 2 N–H and O–H groups in total. The summed E-state index contributed by atoms with van der Waals surface area (Å²) in [7, 11) is 0. The second-order valence-electron chi connectivity index (χ2n) is 4.78. The summed E-state index contributed by atoms with van der Waals surface area (Å²) in [6, 6.07) is -0.0136. The molecule has 5 heteroatoms. The normalized spacial score (nSPS) is 35.0. The topological polar surface area (TPSA) is 58.7 Å². The molecule has 2 amide bonds. The fraction of sp³-hybridized carbons (Fsp3) is 0.818. The van der Waals surface area contributed by atoms with Crippen molar-refractivity contribution in [3.05, 3.63) is 0 Å². The van der Waals surface area contributed by atoms with Crippen molar-refractivity contribution in [3.63, 3.8) is 0 Å². The van der Waals surface area contributed by atoms with Crippen LogP contribution >= 0.6 is 11.8 Å². The molecule has 2 aliphatic heterocycles. The number of urea groups is 1. The number of rotatable bonds is 1. The average Bonchev–Trinajstić information content (AvgIpc) is 2.44. The van der Waals surface area contributed by atoms with Gasteiger partial charge in [-0.2, -0.15) is 16.8 Å². The summed E-state index contributed by atoms with van der Waals surface area (Å²) in [5.41, 5.74) is 5.70. The highest BCUT2D eigenvalue weighted by Crippen LogP contribution is 2.42. The highest BCUT2D eigenvalue weighted by Gasteiger charge is 2.54. The zero-order valence-electron chi connectivity index (χ0n) is 10.1. The van der Waals surface area contributed by atoms with Crippen LogP contribution in [0.25, 0.3) is 0 Å². The van der Waals surface area contributed by atoms with Gasteiger partial charge in [0.2, 0.25) is 0 Å². The smallest absolute Gasteiger partial charge is 0.346 e. The van der Waals surface area contributed by atoms with Crippen molar-refractivity contribution in [1.29, 1.82) is 0 Å². The van der Waals surface area contributed by atoms with E-state index in [-0.39, 0.29) is 17.6 Å². The molecule has 2 atom stereocenters. The first-order valence-corrected chi connectivity index (χ1v) is 6.84. The molecule has 1 spiro atoms. The molecule has 0 saturated carbocycles. The maximum atomic E-state index is 11.9. The van der Waals surface area contributed by atoms with Gasteiger partial charge in [-0.05, 0) is 32.4 Å². The number of nitrogens with two attached hydrogens (primary N) is 1. The number of nitrogens with zero attached hydrogens (tertiary/aromatic N) is 2. The van der Waals surface area contributed by atoms with Gasteiger partial charge in [-0.1, -0.05) is 6.92 Å². The van der Waals surface area contributed by atoms with E-state index in [2.05, 4.69) is 11.9 Å². The van der Waals surface area contributed by atoms with Crippen molar-refractivity contribution in [1.82, 2.24) is 4.90 Å². The molecular formula is C11H19N3OS. The molecular weight excluding hydrogens is 222 g/mol. The Balaban J connectivity index is 2.42. The minimum atomic E-state index is -0.325. The van der Waals surface area contributed by atoms with Crippen LogP contribution in [0.15, 0.2) is 4.99 Å². The number of amides is 2. The molecule has 4 nitrogen and oxygen atoms in total. The third kappa shape index (κ3) is 1.44. The summed E-state index contributed by atoms with van der Waals surface area (Å²) in [5.74, 6) is 1.67. The van der Waals surface area contributed by atoms with Gasteiger partial charge >= 0.3 is 6.03 Å². The second-order valence-corrected chi connectivity index (χ2v) is 6.23. The third-order valence-electron chi connectivity index (χ3n) is 3.55. The molecule has 2 heterocycles. The van der Waals surface area contributed by atoms with Crippen LogP contribution in [-0.2, 0) is 0 Å². The lowest BCUT2D eigenvalue weighted by molar-refractivity contribution is 0.138. The van der Waals surface area contributed by atoms with Crippen LogP contribution in [0.1, 0.15) is 33.6 Å². The van der Waals surface area contributed by atoms with Gasteiger partial charge in [-0.3, -0.25) is 0 Å². The van der Waals surface area contributed by atoms with Gasteiger partial charge in [0.15, 0.2) is 0 Å². The summed E-state index contributed by atoms with van der Waals surface area (Å²) >= 11 is 1.89. The van der Waals surface area contributed by atoms with Crippen molar-refractivity contribution < 1.29 is 4.79 Å². The van der Waals surface area contributed by atoms with E-state index in [9.17, 15) is 4.79 Å². The van der Waals surface area contributed by atoms with Gasteiger partial charge in [-0.25, -0.2) is 4.79 Å². The second kappa shape index (κ2) is 3.95. The predicted molar refractivity (Wildman–Crippen MR) is 67.9 cm³/mol. The molecule has 0 radical (unpaired) electrons. The van der Waals surface area contributed by atoms with Crippen molar-refractivity contribution >= 4 is 23.6 Å². The van der Waals surface area contributed by atoms with Gasteiger partial charge < -0.3 is 10.6 Å². The van der Waals surface area contributed by atoms with Crippen LogP contribution in [0.4, 0.5) is 4.79 Å². The van der Waals surface area contributed by atoms with E-state index in [0.29, 0.717) is 11.1 Å². The fourth-order valence-electron chi connectivity index (χ4n) is 2.82. The van der Waals surface area contributed by atoms with Crippen LogP contribution < -0.4 is 5.73 Å². The number of aliphatic imine (C=N–C) groups is 1. The van der Waals surface area contributed by atoms with Crippen LogP contribution in [0, 0.1) is 0 Å². The maximum absolute atomic E-state index is 11.9. The zero-order chi connectivity index (χ0) is 11.9. The molecule has 1 saturated heterocycles. The largest absolute Gasteiger partial charge is 0.385 e. The van der Waals surface area contributed by atoms with Gasteiger partial charge in [0.05, 0.1) is 0 Å². The lowest BCUT2D eigenvalue weighted by Crippen LogP contribution is -2.62. The SMILES string of the molecule is CC(C)N1C(=O)N=C(N)C12CCCSC2C. The van der Waals surface area contributed by atoms with E-state index in [1.54, 1.807) is 0 Å². The van der Waals surface area contributed by atoms with Crippen molar-refractivity contribution in [2.75, 3.05) is 5.75 Å². The predicted octanol–water partition coefficient (Wildman–Crippen LogP) is 1.84. The molecule has 0 aromatic heterocycles. The first kappa shape index (κ1) is 11.8. The zero-order valence-corrected chi connectivity index (χ0v) is 10.9. The average molecular weight is 241 g/mol. The van der Waals surface area contributed by atoms with Crippen molar-refractivity contribution in [3.8, 4) is 0 Å². The molecule has 0 aromatic carbocycles. The molecule has 2 rings (SSSR count). The Bertz CT molecular complexity index is 342. The van der Waals surface area contributed by atoms with Gasteiger partial charge in [0, 0.05) is 11.3 Å². The Hall–Kier alpha value is -0.710. The van der Waals surface area contributed by atoms with Crippen molar-refractivity contribution in [2.24, 2.45) is 10.7 Å². The molecule has 2 aliphatic rings. The number of hydrogen-bond acceptors (Lipinski definition) is 3. The van der Waals surface area contributed by atoms with E-state index in [0.717, 1.165) is 18.6 Å². The monoisotopic (exact) mass is 241 g/mol. The number of amidine groups is 1. The summed E-state index contributed by atoms with van der Waals surface area (Å²) < 4.78 is 0. The summed E-state index contributed by atoms with van der Waals surface area (Å²) in [6.45, 7) is 6.21. The summed E-state index contributed by atoms with van der Waals surface area (Å²) in [5, 5.41) is 0.332. The number of carbonyl (C=O) groups is 1. The number of carbonyl (C=O) groups excluding carboxylic acids is 1. The Labute approximate surface area is 101 Å². The minimum absolute atomic E-state index is 0.151. The van der Waals surface area contributed by atoms with Gasteiger partial charge in [-0.15, -0.1) is 0 Å². The lowest BCUT2D eigenvalue weighted by atomic mass is 9.86. The summed E-state index contributed by atoms with van der Waals surface area (Å²) in [4.78, 5) is 17.8. The molecule has 16 heavy (non-hydrogen) atoms. The maximum Gasteiger partial charge on any atom is 0.346 e. The Morgan fingerprint density at radius 1 is 1.62 bits per heavy atom. The highest BCUT2D eigenvalue weighted by atomic mass is 32.2. The van der Waals surface area contributed by atoms with Crippen LogP contribution in [-0.4, -0.2) is 39.4 Å². The molecule has 0 bridgehead atoms. The van der Waals surface area contributed by atoms with E-state index >= 15 is 0 Å². The number of thioether (sulfide) groups is 1. The summed E-state index contributed by atoms with van der Waals surface area (Å²) in [6.07, 6.45) is 2.04. The lowest BCUT2D eigenvalue weighted by Gasteiger charge is -2.46. The molecule has 2 unspecified atom stereocenters. The van der Waals surface area contributed by atoms with E-state index in [1.165, 1.54) is 0 Å². The first-order valence-electron chi connectivity index (χ1n) is 5.79. The van der Waals surface area contributed by atoms with Gasteiger partial charge in [0.25, 0.3) is 0 Å². The Morgan fingerprint density at radius 3 is 2.88 bits per heavy atom. The van der Waals surface area contributed by atoms with Crippen LogP contribution in [0.5, 0.6) is 0 Å². The Kier molecular flexibility index (Phi) is 2.90. The van der Waals surface area contributed by atoms with Crippen LogP contribution in [0.3, 0.4) is 0 Å². The minimum Gasteiger partial charge on any atom is -0.385 e. The fourth-order valence-corrected chi connectivity index (χ4v) is 4.12. The standard InChI is InChI=1S/C11H19N3OS/c1-7(2)14-10(15)13-9(12)11(14)5-4-6-16-8(11)3/h7-8H,4-6H2,1-3H3,(H2,12,13,15). The Morgan fingerprint density at radius 2 is 2.31 bits per heavy atom. The van der Waals surface area contributed by atoms with Gasteiger partial charge in [0.1, 0.15) is 11.4 Å². The number of hydrogen-bond donors (Lipinski definition) is 1. The molecule has 0 aliphatic carbocycles.